The summed E-state index contributed by atoms with van der Waals surface area (Å²) >= 11 is 17.5. The molecule has 6 nitrogen and oxygen atoms in total. The van der Waals surface area contributed by atoms with Crippen molar-refractivity contribution in [2.24, 2.45) is 0 Å². The largest absolute Gasteiger partial charge is 0.485 e. The Bertz CT molecular complexity index is 2450. The molecule has 0 saturated carbocycles. The van der Waals surface area contributed by atoms with Gasteiger partial charge in [0.15, 0.2) is 11.6 Å². The van der Waals surface area contributed by atoms with Crippen molar-refractivity contribution < 1.29 is 19.1 Å². The van der Waals surface area contributed by atoms with Gasteiger partial charge in [0.25, 0.3) is 0 Å². The number of nitrogens with zero attached hydrogens (tertiary/aromatic N) is 1. The Morgan fingerprint density at radius 3 is 1.51 bits per heavy atom. The van der Waals surface area contributed by atoms with Gasteiger partial charge < -0.3 is 19.0 Å². The van der Waals surface area contributed by atoms with Gasteiger partial charge in [-0.1, -0.05) is 132 Å². The Balaban J connectivity index is 0.000000169. The predicted octanol–water partition coefficient (Wildman–Crippen LogP) is 13.6. The summed E-state index contributed by atoms with van der Waals surface area (Å²) in [6.45, 7) is 3.81. The Morgan fingerprint density at radius 1 is 0.600 bits per heavy atom. The number of aromatic amines is 1. The molecule has 0 amide bonds. The Hall–Kier alpha value is -4.35. The number of nitrogens with one attached hydrogen (secondary N) is 1. The number of fused-ring (bicyclic) bond motifs is 6. The van der Waals surface area contributed by atoms with Crippen LogP contribution in [0.4, 0.5) is 0 Å². The van der Waals surface area contributed by atoms with Gasteiger partial charge in [0, 0.05) is 55.5 Å². The van der Waals surface area contributed by atoms with Crippen LogP contribution >= 0.6 is 61.7 Å². The molecule has 8 aromatic rings. The average molecular weight is 951 g/mol. The number of aromatic nitrogens is 2. The van der Waals surface area contributed by atoms with Crippen LogP contribution in [0.25, 0.3) is 49.3 Å². The molecule has 0 bridgehead atoms. The van der Waals surface area contributed by atoms with Crippen molar-refractivity contribution >= 4 is 117 Å². The summed E-state index contributed by atoms with van der Waals surface area (Å²) in [5, 5.41) is 6.19. The normalized spacial score (nSPS) is 10.5. The van der Waals surface area contributed by atoms with E-state index in [0.717, 1.165) is 21.2 Å². The number of carbonyl (C=O) groups excluding carboxylic acids is 2. The van der Waals surface area contributed by atoms with E-state index in [1.165, 1.54) is 32.6 Å². The SMILES string of the molecule is CCC(=O)COc1ccc(Cl)cc1-n1c2ccccc2c2ccccc21.CCC(=O)COc1ccc(Cl)cc1Br.CI.c1ccc2c(c1)[nH]c1ccccc12. The monoisotopic (exact) mass is 948 g/mol. The van der Waals surface area contributed by atoms with Crippen molar-refractivity contribution in [1.82, 2.24) is 9.55 Å². The van der Waals surface area contributed by atoms with Crippen LogP contribution in [-0.4, -0.2) is 39.3 Å². The number of carbonyl (C=O) groups is 2. The maximum Gasteiger partial charge on any atom is 0.169 e. The van der Waals surface area contributed by atoms with Gasteiger partial charge in [-0.25, -0.2) is 0 Å². The van der Waals surface area contributed by atoms with Crippen molar-refractivity contribution in [3.8, 4) is 17.2 Å². The molecule has 0 fully saturated rings. The summed E-state index contributed by atoms with van der Waals surface area (Å²) < 4.78 is 14.0. The summed E-state index contributed by atoms with van der Waals surface area (Å²) in [4.78, 5) is 28.1. The van der Waals surface area contributed by atoms with Crippen LogP contribution < -0.4 is 9.47 Å². The Kier molecular flexibility index (Phi) is 15.6. The van der Waals surface area contributed by atoms with Crippen molar-refractivity contribution in [3.05, 3.63) is 148 Å². The first kappa shape index (κ1) is 41.8. The molecule has 2 aromatic heterocycles. The maximum atomic E-state index is 11.7. The van der Waals surface area contributed by atoms with E-state index in [1.807, 2.05) is 55.2 Å². The topological polar surface area (TPSA) is 73.3 Å². The highest BCUT2D eigenvalue weighted by molar-refractivity contribution is 14.1. The van der Waals surface area contributed by atoms with Crippen molar-refractivity contribution in [2.75, 3.05) is 18.1 Å². The minimum absolute atomic E-state index is 0.0578. The van der Waals surface area contributed by atoms with E-state index in [0.29, 0.717) is 34.4 Å². The molecule has 0 aliphatic rings. The van der Waals surface area contributed by atoms with Crippen molar-refractivity contribution in [2.45, 2.75) is 26.7 Å². The molecule has 8 rings (SSSR count). The highest BCUT2D eigenvalue weighted by atomic mass is 127. The van der Waals surface area contributed by atoms with Crippen LogP contribution in [0.5, 0.6) is 11.5 Å². The summed E-state index contributed by atoms with van der Waals surface area (Å²) in [7, 11) is 0. The second-order valence-electron chi connectivity index (χ2n) is 12.1. The molecule has 55 heavy (non-hydrogen) atoms. The standard InChI is InChI=1S/C22H18ClNO2.C12H9N.C10H10BrClO2.CH3I/c1-2-16(25)14-26-22-12-11-15(23)13-21(22)24-19-9-5-3-7-17(19)18-8-4-6-10-20(18)24;1-3-7-11-9(5-1)10-6-2-4-8-12(10)13-11;1-2-8(13)6-14-10-4-3-7(12)5-9(10)11;1-2/h3-13H,2,14H2,1H3;1-8,13H;3-5H,2,6H2,1H3;1H3. The third-order valence-corrected chi connectivity index (χ3v) is 9.71. The van der Waals surface area contributed by atoms with E-state index >= 15 is 0 Å². The zero-order valence-corrected chi connectivity index (χ0v) is 35.9. The number of benzene rings is 6. The highest BCUT2D eigenvalue weighted by Gasteiger charge is 2.16. The number of ketones is 2. The van der Waals surface area contributed by atoms with Crippen molar-refractivity contribution in [3.63, 3.8) is 0 Å². The van der Waals surface area contributed by atoms with Gasteiger partial charge >= 0.3 is 0 Å². The van der Waals surface area contributed by atoms with Gasteiger partial charge in [-0.3, -0.25) is 9.59 Å². The molecular weight excluding hydrogens is 910 g/mol. The third kappa shape index (κ3) is 10.5. The summed E-state index contributed by atoms with van der Waals surface area (Å²) in [5.41, 5.74) is 5.40. The molecule has 0 unspecified atom stereocenters. The fourth-order valence-electron chi connectivity index (χ4n) is 5.88. The number of hydrogen-bond donors (Lipinski definition) is 1. The number of ether oxygens (including phenoxy) is 2. The van der Waals surface area contributed by atoms with Crippen molar-refractivity contribution in [1.29, 1.82) is 0 Å². The molecule has 282 valence electrons. The molecule has 2 heterocycles. The second kappa shape index (κ2) is 20.5. The molecule has 0 aliphatic carbocycles. The Morgan fingerprint density at radius 2 is 1.02 bits per heavy atom. The number of H-pyrrole nitrogens is 1. The van der Waals surface area contributed by atoms with Gasteiger partial charge in [-0.2, -0.15) is 0 Å². The zero-order valence-electron chi connectivity index (χ0n) is 30.6. The smallest absolute Gasteiger partial charge is 0.169 e. The van der Waals surface area contributed by atoms with E-state index in [9.17, 15) is 9.59 Å². The average Bonchev–Trinajstić information content (AvgIpc) is 3.77. The number of para-hydroxylation sites is 4. The van der Waals surface area contributed by atoms with Crippen LogP contribution in [0.2, 0.25) is 10.0 Å². The van der Waals surface area contributed by atoms with Gasteiger partial charge in [0.05, 0.1) is 21.2 Å². The number of halogens is 4. The highest BCUT2D eigenvalue weighted by Crippen LogP contribution is 2.36. The molecule has 0 radical (unpaired) electrons. The minimum atomic E-state index is 0.0578. The zero-order chi connectivity index (χ0) is 39.3. The van der Waals surface area contributed by atoms with Crippen LogP contribution in [0, 0.1) is 0 Å². The number of Topliss-reactive ketones (excluding diaryl/α,β-unsaturated/α-hetero) is 2. The molecule has 6 aromatic carbocycles. The lowest BCUT2D eigenvalue weighted by atomic mass is 10.2. The van der Waals surface area contributed by atoms with E-state index < -0.39 is 0 Å². The van der Waals surface area contributed by atoms with Crippen LogP contribution in [-0.2, 0) is 9.59 Å². The second-order valence-corrected chi connectivity index (χ2v) is 13.9. The van der Waals surface area contributed by atoms with E-state index in [1.54, 1.807) is 24.3 Å². The van der Waals surface area contributed by atoms with E-state index in [4.69, 9.17) is 32.7 Å². The summed E-state index contributed by atoms with van der Waals surface area (Å²) in [6.07, 6.45) is 0.948. The molecular formula is C45H40BrCl2IN2O4. The lowest BCUT2D eigenvalue weighted by Crippen LogP contribution is -2.11. The molecule has 0 aliphatic heterocycles. The summed E-state index contributed by atoms with van der Waals surface area (Å²) in [6, 6.07) is 43.9. The van der Waals surface area contributed by atoms with Crippen LogP contribution in [0.3, 0.4) is 0 Å². The first-order valence-electron chi connectivity index (χ1n) is 17.6. The number of alkyl halides is 1. The van der Waals surface area contributed by atoms with Crippen LogP contribution in [0.1, 0.15) is 26.7 Å². The van der Waals surface area contributed by atoms with E-state index in [2.05, 4.69) is 121 Å². The summed E-state index contributed by atoms with van der Waals surface area (Å²) in [5.74, 6) is 1.42. The molecule has 0 saturated heterocycles. The number of hydrogen-bond acceptors (Lipinski definition) is 4. The predicted molar refractivity (Wildman–Crippen MR) is 242 cm³/mol. The molecule has 0 spiro atoms. The maximum absolute atomic E-state index is 11.7. The quantitative estimate of drug-likeness (QED) is 0.116. The van der Waals surface area contributed by atoms with Gasteiger partial charge in [0.2, 0.25) is 0 Å². The molecule has 10 heteroatoms. The fourth-order valence-corrected chi connectivity index (χ4v) is 6.84. The van der Waals surface area contributed by atoms with Gasteiger partial charge in [-0.05, 0) is 81.5 Å². The Labute approximate surface area is 353 Å². The molecule has 0 atom stereocenters. The van der Waals surface area contributed by atoms with Gasteiger partial charge in [0.1, 0.15) is 24.7 Å². The van der Waals surface area contributed by atoms with Crippen LogP contribution in [0.15, 0.2) is 138 Å². The number of rotatable bonds is 9. The first-order chi connectivity index (χ1) is 26.8. The lowest BCUT2D eigenvalue weighted by Gasteiger charge is -2.14. The minimum Gasteiger partial charge on any atom is -0.485 e. The first-order valence-corrected chi connectivity index (χ1v) is 21.3. The lowest BCUT2D eigenvalue weighted by molar-refractivity contribution is -0.121. The van der Waals surface area contributed by atoms with E-state index in [-0.39, 0.29) is 24.8 Å². The van der Waals surface area contributed by atoms with Gasteiger partial charge in [-0.15, -0.1) is 0 Å². The third-order valence-electron chi connectivity index (χ3n) is 8.62. The fraction of sp³-hybridized carbons (Fsp3) is 0.156. The molecule has 1 N–H and O–H groups in total.